The first-order valence-electron chi connectivity index (χ1n) is 6.18. The molecule has 0 saturated heterocycles. The molecule has 0 aliphatic carbocycles. The molecule has 0 spiro atoms. The van der Waals surface area contributed by atoms with E-state index in [0.29, 0.717) is 12.8 Å². The van der Waals surface area contributed by atoms with Crippen molar-refractivity contribution in [1.29, 1.82) is 0 Å². The molecule has 4 nitrogen and oxygen atoms in total. The Bertz CT molecular complexity index is 286. The summed E-state index contributed by atoms with van der Waals surface area (Å²) < 4.78 is 0. The first-order valence-corrected chi connectivity index (χ1v) is 6.18. The summed E-state index contributed by atoms with van der Waals surface area (Å²) >= 11 is 0. The molecule has 0 rings (SSSR count). The van der Waals surface area contributed by atoms with E-state index in [9.17, 15) is 14.4 Å². The lowest BCUT2D eigenvalue weighted by atomic mass is 10.0. The van der Waals surface area contributed by atoms with Gasteiger partial charge in [0.15, 0.2) is 5.78 Å². The summed E-state index contributed by atoms with van der Waals surface area (Å²) in [7, 11) is 0. The van der Waals surface area contributed by atoms with Gasteiger partial charge in [-0.1, -0.05) is 20.3 Å². The fourth-order valence-electron chi connectivity index (χ4n) is 1.60. The average molecular weight is 241 g/mol. The third-order valence-corrected chi connectivity index (χ3v) is 2.76. The van der Waals surface area contributed by atoms with Crippen LogP contribution in [0.15, 0.2) is 0 Å². The number of hydrogen-bond acceptors (Lipinski definition) is 3. The van der Waals surface area contributed by atoms with Gasteiger partial charge in [-0.2, -0.15) is 0 Å². The zero-order chi connectivity index (χ0) is 13.4. The zero-order valence-corrected chi connectivity index (χ0v) is 11.2. The number of amides is 1. The van der Waals surface area contributed by atoms with Crippen LogP contribution in [0.5, 0.6) is 0 Å². The van der Waals surface area contributed by atoms with Crippen LogP contribution in [-0.4, -0.2) is 23.5 Å². The highest BCUT2D eigenvalue weighted by Gasteiger charge is 2.20. The van der Waals surface area contributed by atoms with E-state index in [-0.39, 0.29) is 23.4 Å². The number of hydrogen-bond donors (Lipinski definition) is 1. The third kappa shape index (κ3) is 6.87. The molecule has 0 fully saturated rings. The maximum absolute atomic E-state index is 11.7. The molecule has 0 radical (unpaired) electrons. The van der Waals surface area contributed by atoms with Gasteiger partial charge in [0.25, 0.3) is 0 Å². The molecule has 1 N–H and O–H groups in total. The van der Waals surface area contributed by atoms with Gasteiger partial charge in [0.1, 0.15) is 5.78 Å². The molecule has 1 amide bonds. The van der Waals surface area contributed by atoms with Crippen molar-refractivity contribution in [3.05, 3.63) is 0 Å². The van der Waals surface area contributed by atoms with E-state index in [1.165, 1.54) is 13.8 Å². The molecule has 4 heteroatoms. The fourth-order valence-corrected chi connectivity index (χ4v) is 1.60. The largest absolute Gasteiger partial charge is 0.346 e. The first-order chi connectivity index (χ1) is 7.88. The minimum Gasteiger partial charge on any atom is -0.346 e. The standard InChI is InChI=1S/C13H23NO3/c1-5-6-9(2)13(17)14-12(11(4)16)8-7-10(3)15/h9,12H,5-8H2,1-4H3,(H,14,17)/t9-,12?/m0/s1. The molecule has 0 saturated carbocycles. The van der Waals surface area contributed by atoms with E-state index < -0.39 is 6.04 Å². The summed E-state index contributed by atoms with van der Waals surface area (Å²) in [5, 5.41) is 2.72. The molecule has 17 heavy (non-hydrogen) atoms. The molecule has 98 valence electrons. The van der Waals surface area contributed by atoms with Crippen molar-refractivity contribution >= 4 is 17.5 Å². The van der Waals surface area contributed by atoms with Crippen LogP contribution in [0.4, 0.5) is 0 Å². The lowest BCUT2D eigenvalue weighted by Gasteiger charge is -2.18. The van der Waals surface area contributed by atoms with E-state index >= 15 is 0 Å². The van der Waals surface area contributed by atoms with Gasteiger partial charge in [-0.15, -0.1) is 0 Å². The quantitative estimate of drug-likeness (QED) is 0.705. The molecule has 0 bridgehead atoms. The van der Waals surface area contributed by atoms with Crippen LogP contribution < -0.4 is 5.32 Å². The second-order valence-corrected chi connectivity index (χ2v) is 4.60. The molecule has 0 aromatic carbocycles. The first kappa shape index (κ1) is 15.8. The molecule has 0 heterocycles. The summed E-state index contributed by atoms with van der Waals surface area (Å²) in [4.78, 5) is 34.0. The number of carbonyl (C=O) groups is 3. The number of Topliss-reactive ketones (excluding diaryl/α,β-unsaturated/α-hetero) is 2. The fraction of sp³-hybridized carbons (Fsp3) is 0.769. The topological polar surface area (TPSA) is 63.2 Å². The number of rotatable bonds is 8. The number of ketones is 2. The Labute approximate surface area is 103 Å². The van der Waals surface area contributed by atoms with Gasteiger partial charge in [0, 0.05) is 12.3 Å². The van der Waals surface area contributed by atoms with Crippen LogP contribution >= 0.6 is 0 Å². The van der Waals surface area contributed by atoms with Crippen molar-refractivity contribution in [2.75, 3.05) is 0 Å². The van der Waals surface area contributed by atoms with Crippen molar-refractivity contribution in [3.63, 3.8) is 0 Å². The summed E-state index contributed by atoms with van der Waals surface area (Å²) in [5.41, 5.74) is 0. The lowest BCUT2D eigenvalue weighted by molar-refractivity contribution is -0.129. The smallest absolute Gasteiger partial charge is 0.223 e. The van der Waals surface area contributed by atoms with Crippen LogP contribution in [-0.2, 0) is 14.4 Å². The molecular weight excluding hydrogens is 218 g/mol. The van der Waals surface area contributed by atoms with Gasteiger partial charge in [0.2, 0.25) is 5.91 Å². The number of nitrogens with one attached hydrogen (secondary N) is 1. The lowest BCUT2D eigenvalue weighted by Crippen LogP contribution is -2.42. The van der Waals surface area contributed by atoms with Gasteiger partial charge in [-0.3, -0.25) is 9.59 Å². The van der Waals surface area contributed by atoms with Crippen molar-refractivity contribution in [2.24, 2.45) is 5.92 Å². The Hall–Kier alpha value is -1.19. The predicted octanol–water partition coefficient (Wildman–Crippen LogP) is 1.87. The maximum Gasteiger partial charge on any atom is 0.223 e. The van der Waals surface area contributed by atoms with Crippen molar-refractivity contribution < 1.29 is 14.4 Å². The Morgan fingerprint density at radius 3 is 2.12 bits per heavy atom. The van der Waals surface area contributed by atoms with Gasteiger partial charge in [0.05, 0.1) is 6.04 Å². The monoisotopic (exact) mass is 241 g/mol. The third-order valence-electron chi connectivity index (χ3n) is 2.76. The van der Waals surface area contributed by atoms with Crippen molar-refractivity contribution in [1.82, 2.24) is 5.32 Å². The predicted molar refractivity (Wildman–Crippen MR) is 66.6 cm³/mol. The average Bonchev–Trinajstić information content (AvgIpc) is 2.23. The molecule has 0 aromatic rings. The van der Waals surface area contributed by atoms with Crippen LogP contribution in [0, 0.1) is 5.92 Å². The van der Waals surface area contributed by atoms with Gasteiger partial charge in [-0.05, 0) is 26.7 Å². The van der Waals surface area contributed by atoms with E-state index in [1.807, 2.05) is 13.8 Å². The van der Waals surface area contributed by atoms with E-state index in [2.05, 4.69) is 5.32 Å². The van der Waals surface area contributed by atoms with Crippen molar-refractivity contribution in [2.45, 2.75) is 59.4 Å². The second kappa shape index (κ2) is 7.98. The minimum atomic E-state index is -0.522. The van der Waals surface area contributed by atoms with Gasteiger partial charge in [-0.25, -0.2) is 0 Å². The van der Waals surface area contributed by atoms with Crippen LogP contribution in [0.3, 0.4) is 0 Å². The molecule has 0 aliphatic heterocycles. The molecule has 0 aliphatic rings. The Morgan fingerprint density at radius 1 is 1.12 bits per heavy atom. The Balaban J connectivity index is 4.29. The zero-order valence-electron chi connectivity index (χ0n) is 11.2. The Kier molecular flexibility index (Phi) is 7.42. The van der Waals surface area contributed by atoms with Crippen LogP contribution in [0.2, 0.25) is 0 Å². The van der Waals surface area contributed by atoms with Crippen LogP contribution in [0.1, 0.15) is 53.4 Å². The summed E-state index contributed by atoms with van der Waals surface area (Å²) in [6, 6.07) is -0.522. The normalized spacial score (nSPS) is 13.9. The van der Waals surface area contributed by atoms with E-state index in [0.717, 1.165) is 12.8 Å². The highest BCUT2D eigenvalue weighted by Crippen LogP contribution is 2.07. The summed E-state index contributed by atoms with van der Waals surface area (Å²) in [6.45, 7) is 6.79. The molecule has 2 atom stereocenters. The SMILES string of the molecule is CCC[C@H](C)C(=O)NC(CCC(C)=O)C(C)=O. The Morgan fingerprint density at radius 2 is 1.71 bits per heavy atom. The summed E-state index contributed by atoms with van der Waals surface area (Å²) in [6.07, 6.45) is 2.47. The van der Waals surface area contributed by atoms with E-state index in [1.54, 1.807) is 0 Å². The molecule has 0 aromatic heterocycles. The van der Waals surface area contributed by atoms with Crippen molar-refractivity contribution in [3.8, 4) is 0 Å². The maximum atomic E-state index is 11.7. The highest BCUT2D eigenvalue weighted by molar-refractivity contribution is 5.88. The second-order valence-electron chi connectivity index (χ2n) is 4.60. The molecule has 1 unspecified atom stereocenters. The van der Waals surface area contributed by atoms with E-state index in [4.69, 9.17) is 0 Å². The minimum absolute atomic E-state index is 0.0344. The summed E-state index contributed by atoms with van der Waals surface area (Å²) in [5.74, 6) is -0.245. The van der Waals surface area contributed by atoms with Crippen LogP contribution in [0.25, 0.3) is 0 Å². The molecular formula is C13H23NO3. The van der Waals surface area contributed by atoms with Gasteiger partial charge < -0.3 is 10.1 Å². The number of carbonyl (C=O) groups excluding carboxylic acids is 3. The highest BCUT2D eigenvalue weighted by atomic mass is 16.2. The van der Waals surface area contributed by atoms with Gasteiger partial charge >= 0.3 is 0 Å².